The molecule has 1 heterocycles. The Morgan fingerprint density at radius 2 is 1.76 bits per heavy atom. The van der Waals surface area contributed by atoms with Gasteiger partial charge in [-0.05, 0) is 12.8 Å². The van der Waals surface area contributed by atoms with E-state index in [0.29, 0.717) is 11.3 Å². The van der Waals surface area contributed by atoms with E-state index in [1.165, 1.54) is 36.3 Å². The minimum atomic E-state index is 0.542. The molecule has 0 saturated carbocycles. The summed E-state index contributed by atoms with van der Waals surface area (Å²) in [6.45, 7) is 4.52. The lowest BCUT2D eigenvalue weighted by Gasteiger charge is -2.14. The molecule has 1 aliphatic rings. The van der Waals surface area contributed by atoms with E-state index in [2.05, 4.69) is 44.2 Å². The highest BCUT2D eigenvalue weighted by Crippen LogP contribution is 2.35. The van der Waals surface area contributed by atoms with Gasteiger partial charge in [-0.3, -0.25) is 4.99 Å². The normalized spacial score (nSPS) is 23.8. The van der Waals surface area contributed by atoms with Gasteiger partial charge in [-0.2, -0.15) is 0 Å². The van der Waals surface area contributed by atoms with Crippen LogP contribution in [0.1, 0.15) is 45.1 Å². The molecule has 0 aliphatic carbocycles. The Labute approximate surface area is 109 Å². The highest BCUT2D eigenvalue weighted by atomic mass is 32.2. The molecule has 1 aromatic carbocycles. The molecule has 0 spiro atoms. The molecule has 2 rings (SSSR count). The van der Waals surface area contributed by atoms with Crippen molar-refractivity contribution in [2.75, 3.05) is 0 Å². The molecule has 1 nitrogen and oxygen atoms in total. The Balaban J connectivity index is 2.12. The number of hydrogen-bond acceptors (Lipinski definition) is 2. The molecule has 0 unspecified atom stereocenters. The van der Waals surface area contributed by atoms with Crippen molar-refractivity contribution >= 4 is 16.8 Å². The molecule has 0 amide bonds. The fourth-order valence-corrected chi connectivity index (χ4v) is 3.75. The molecule has 0 N–H and O–H groups in total. The lowest BCUT2D eigenvalue weighted by Crippen LogP contribution is -2.16. The first kappa shape index (κ1) is 12.7. The van der Waals surface area contributed by atoms with Gasteiger partial charge in [0, 0.05) is 10.8 Å². The molecule has 0 aromatic heterocycles. The van der Waals surface area contributed by atoms with Gasteiger partial charge in [-0.25, -0.2) is 0 Å². The Kier molecular flexibility index (Phi) is 4.66. The highest BCUT2D eigenvalue weighted by Gasteiger charge is 2.28. The number of nitrogens with zero attached hydrogens (tertiary/aromatic N) is 1. The van der Waals surface area contributed by atoms with Crippen molar-refractivity contribution in [3.05, 3.63) is 35.9 Å². The van der Waals surface area contributed by atoms with E-state index in [-0.39, 0.29) is 0 Å². The maximum absolute atomic E-state index is 4.93. The van der Waals surface area contributed by atoms with E-state index in [0.717, 1.165) is 0 Å². The molecule has 2 heteroatoms. The number of rotatable bonds is 5. The summed E-state index contributed by atoms with van der Waals surface area (Å²) >= 11 is 1.99. The van der Waals surface area contributed by atoms with Crippen molar-refractivity contribution in [1.82, 2.24) is 0 Å². The van der Waals surface area contributed by atoms with Crippen LogP contribution in [0.25, 0.3) is 0 Å². The third-order valence-corrected chi connectivity index (χ3v) is 4.57. The first-order valence-corrected chi connectivity index (χ1v) is 7.53. The van der Waals surface area contributed by atoms with Crippen LogP contribution in [0.4, 0.5) is 0 Å². The Morgan fingerprint density at radius 1 is 1.06 bits per heavy atom. The SMILES string of the molecule is CCC[C@H]1N=C(c2ccccc2)S[C@@H]1CCC. The first-order valence-electron chi connectivity index (χ1n) is 6.65. The van der Waals surface area contributed by atoms with Crippen LogP contribution in [0.2, 0.25) is 0 Å². The molecule has 0 saturated heterocycles. The quantitative estimate of drug-likeness (QED) is 0.745. The molecular formula is C15H21NS. The third-order valence-electron chi connectivity index (χ3n) is 3.15. The highest BCUT2D eigenvalue weighted by molar-refractivity contribution is 8.15. The van der Waals surface area contributed by atoms with Gasteiger partial charge in [-0.1, -0.05) is 57.0 Å². The minimum absolute atomic E-state index is 0.542. The van der Waals surface area contributed by atoms with Gasteiger partial charge in [0.1, 0.15) is 0 Å². The van der Waals surface area contributed by atoms with E-state index >= 15 is 0 Å². The van der Waals surface area contributed by atoms with Gasteiger partial charge >= 0.3 is 0 Å². The van der Waals surface area contributed by atoms with Crippen molar-refractivity contribution in [3.63, 3.8) is 0 Å². The fourth-order valence-electron chi connectivity index (χ4n) is 2.29. The predicted molar refractivity (Wildman–Crippen MR) is 78.0 cm³/mol. The zero-order valence-electron chi connectivity index (χ0n) is 10.7. The molecule has 1 aliphatic heterocycles. The van der Waals surface area contributed by atoms with Crippen molar-refractivity contribution in [1.29, 1.82) is 0 Å². The number of thioether (sulfide) groups is 1. The minimum Gasteiger partial charge on any atom is -0.273 e. The molecule has 17 heavy (non-hydrogen) atoms. The number of aliphatic imine (C=N–C) groups is 1. The molecule has 1 aromatic rings. The Hall–Kier alpha value is -0.760. The van der Waals surface area contributed by atoms with Crippen LogP contribution in [0.3, 0.4) is 0 Å². The molecule has 2 atom stereocenters. The predicted octanol–water partition coefficient (Wildman–Crippen LogP) is 4.52. The van der Waals surface area contributed by atoms with Gasteiger partial charge in [0.15, 0.2) is 0 Å². The third kappa shape index (κ3) is 3.12. The van der Waals surface area contributed by atoms with Crippen LogP contribution < -0.4 is 0 Å². The summed E-state index contributed by atoms with van der Waals surface area (Å²) in [6, 6.07) is 11.1. The van der Waals surface area contributed by atoms with Crippen molar-refractivity contribution in [2.24, 2.45) is 4.99 Å². The van der Waals surface area contributed by atoms with Gasteiger partial charge < -0.3 is 0 Å². The monoisotopic (exact) mass is 247 g/mol. The van der Waals surface area contributed by atoms with E-state index in [4.69, 9.17) is 4.99 Å². The van der Waals surface area contributed by atoms with Gasteiger partial charge in [0.2, 0.25) is 0 Å². The summed E-state index contributed by atoms with van der Waals surface area (Å²) in [5.41, 5.74) is 1.29. The second-order valence-corrected chi connectivity index (χ2v) is 5.83. The summed E-state index contributed by atoms with van der Waals surface area (Å²) < 4.78 is 0. The molecule has 0 radical (unpaired) electrons. The lowest BCUT2D eigenvalue weighted by atomic mass is 10.1. The maximum Gasteiger partial charge on any atom is 0.0984 e. The largest absolute Gasteiger partial charge is 0.273 e. The smallest absolute Gasteiger partial charge is 0.0984 e. The summed E-state index contributed by atoms with van der Waals surface area (Å²) in [7, 11) is 0. The van der Waals surface area contributed by atoms with Crippen LogP contribution in [-0.2, 0) is 0 Å². The van der Waals surface area contributed by atoms with Crippen molar-refractivity contribution in [2.45, 2.75) is 50.8 Å². The van der Waals surface area contributed by atoms with Crippen LogP contribution in [-0.4, -0.2) is 16.3 Å². The number of hydrogen-bond donors (Lipinski definition) is 0. The van der Waals surface area contributed by atoms with E-state index in [9.17, 15) is 0 Å². The molecule has 0 fully saturated rings. The fraction of sp³-hybridized carbons (Fsp3) is 0.533. The van der Waals surface area contributed by atoms with Crippen LogP contribution in [0, 0.1) is 0 Å². The summed E-state index contributed by atoms with van der Waals surface area (Å²) in [5, 5.41) is 1.96. The van der Waals surface area contributed by atoms with E-state index in [1.54, 1.807) is 0 Å². The van der Waals surface area contributed by atoms with Crippen LogP contribution >= 0.6 is 11.8 Å². The Morgan fingerprint density at radius 3 is 2.41 bits per heavy atom. The maximum atomic E-state index is 4.93. The first-order chi connectivity index (χ1) is 8.35. The summed E-state index contributed by atoms with van der Waals surface area (Å²) in [4.78, 5) is 4.93. The van der Waals surface area contributed by atoms with Crippen molar-refractivity contribution in [3.8, 4) is 0 Å². The molecular weight excluding hydrogens is 226 g/mol. The standard InChI is InChI=1S/C15H21NS/c1-3-8-13-14(9-4-2)17-15(16-13)12-10-6-5-7-11-12/h5-7,10-11,13-14H,3-4,8-9H2,1-2H3/t13-,14-/m1/s1. The van der Waals surface area contributed by atoms with Crippen LogP contribution in [0.5, 0.6) is 0 Å². The lowest BCUT2D eigenvalue weighted by molar-refractivity contribution is 0.560. The topological polar surface area (TPSA) is 12.4 Å². The second-order valence-electron chi connectivity index (χ2n) is 4.60. The zero-order chi connectivity index (χ0) is 12.1. The second kappa shape index (κ2) is 6.25. The van der Waals surface area contributed by atoms with Crippen molar-refractivity contribution < 1.29 is 0 Å². The average molecular weight is 247 g/mol. The van der Waals surface area contributed by atoms with E-state index in [1.807, 2.05) is 11.8 Å². The summed E-state index contributed by atoms with van der Waals surface area (Å²) in [6.07, 6.45) is 5.01. The molecule has 0 bridgehead atoms. The van der Waals surface area contributed by atoms with Gasteiger partial charge in [0.25, 0.3) is 0 Å². The van der Waals surface area contributed by atoms with Gasteiger partial charge in [0.05, 0.1) is 11.1 Å². The number of benzene rings is 1. The summed E-state index contributed by atoms with van der Waals surface area (Å²) in [5.74, 6) is 0. The molecule has 92 valence electrons. The van der Waals surface area contributed by atoms with Gasteiger partial charge in [-0.15, -0.1) is 11.8 Å². The Bertz CT molecular complexity index is 372. The average Bonchev–Trinajstić information content (AvgIpc) is 2.75. The van der Waals surface area contributed by atoms with E-state index < -0.39 is 0 Å². The van der Waals surface area contributed by atoms with Crippen LogP contribution in [0.15, 0.2) is 35.3 Å². The zero-order valence-corrected chi connectivity index (χ0v) is 11.5.